The van der Waals surface area contributed by atoms with E-state index in [0.717, 1.165) is 23.4 Å². The topological polar surface area (TPSA) is 59.8 Å². The first-order chi connectivity index (χ1) is 15.7. The van der Waals surface area contributed by atoms with E-state index in [4.69, 9.17) is 10.1 Å². The van der Waals surface area contributed by atoms with Gasteiger partial charge < -0.3 is 5.32 Å². The van der Waals surface area contributed by atoms with Crippen LogP contribution in [0, 0.1) is 25.1 Å². The van der Waals surface area contributed by atoms with E-state index < -0.39 is 6.04 Å². The summed E-state index contributed by atoms with van der Waals surface area (Å²) < 4.78 is 15.4. The number of aryl methyl sites for hydroxylation is 2. The Labute approximate surface area is 197 Å². The maximum atomic E-state index is 13.7. The average molecular weight is 463 g/mol. The van der Waals surface area contributed by atoms with Gasteiger partial charge in [-0.3, -0.25) is 4.79 Å². The number of fused-ring (bicyclic) bond motifs is 1. The molecule has 0 radical (unpaired) electrons. The van der Waals surface area contributed by atoms with E-state index in [1.54, 1.807) is 28.6 Å². The molecule has 0 saturated heterocycles. The minimum absolute atomic E-state index is 0.105. The van der Waals surface area contributed by atoms with Gasteiger partial charge in [-0.1, -0.05) is 61.5 Å². The molecule has 5 rings (SSSR count). The first-order valence-corrected chi connectivity index (χ1v) is 12.1. The fourth-order valence-electron chi connectivity index (χ4n) is 4.70. The molecule has 1 N–H and O–H groups in total. The number of Topliss-reactive ketones (excluding diaryl/α,β-unsaturated/α-hetero) is 1. The minimum atomic E-state index is -0.414. The summed E-state index contributed by atoms with van der Waals surface area (Å²) in [4.78, 5) is 18.0. The zero-order valence-corrected chi connectivity index (χ0v) is 20.1. The van der Waals surface area contributed by atoms with Gasteiger partial charge >= 0.3 is 0 Å². The van der Waals surface area contributed by atoms with Crippen molar-refractivity contribution < 1.29 is 9.18 Å². The van der Waals surface area contributed by atoms with E-state index in [9.17, 15) is 9.18 Å². The lowest BCUT2D eigenvalue weighted by molar-refractivity contribution is -0.118. The predicted octanol–water partition coefficient (Wildman–Crippen LogP) is 5.98. The van der Waals surface area contributed by atoms with E-state index in [-0.39, 0.29) is 17.0 Å². The Morgan fingerprint density at radius 1 is 1.15 bits per heavy atom. The van der Waals surface area contributed by atoms with Crippen LogP contribution in [0.25, 0.3) is 0 Å². The minimum Gasteiger partial charge on any atom is -0.328 e. The van der Waals surface area contributed by atoms with Gasteiger partial charge in [0.25, 0.3) is 0 Å². The smallest absolute Gasteiger partial charge is 0.227 e. The molecule has 0 saturated carbocycles. The summed E-state index contributed by atoms with van der Waals surface area (Å²) in [6.07, 6.45) is 1.23. The van der Waals surface area contributed by atoms with Crippen molar-refractivity contribution >= 4 is 23.5 Å². The van der Waals surface area contributed by atoms with Crippen LogP contribution in [0.3, 0.4) is 0 Å². The van der Waals surface area contributed by atoms with Crippen LogP contribution in [0.5, 0.6) is 0 Å². The third-order valence-corrected chi connectivity index (χ3v) is 7.25. The third-order valence-electron chi connectivity index (χ3n) is 6.36. The van der Waals surface area contributed by atoms with Gasteiger partial charge in [-0.15, -0.1) is 5.10 Å². The highest BCUT2D eigenvalue weighted by Crippen LogP contribution is 2.45. The molecule has 0 amide bonds. The summed E-state index contributed by atoms with van der Waals surface area (Å²) in [6.45, 7) is 8.41. The highest BCUT2D eigenvalue weighted by atomic mass is 32.2. The van der Waals surface area contributed by atoms with Gasteiger partial charge in [-0.05, 0) is 54.5 Å². The van der Waals surface area contributed by atoms with E-state index in [2.05, 4.69) is 51.2 Å². The predicted molar refractivity (Wildman–Crippen MR) is 129 cm³/mol. The second-order valence-electron chi connectivity index (χ2n) is 9.79. The van der Waals surface area contributed by atoms with Crippen LogP contribution in [0.2, 0.25) is 0 Å². The van der Waals surface area contributed by atoms with Crippen molar-refractivity contribution in [3.05, 3.63) is 81.8 Å². The van der Waals surface area contributed by atoms with Crippen molar-refractivity contribution in [3.63, 3.8) is 0 Å². The summed E-state index contributed by atoms with van der Waals surface area (Å²) in [6, 6.07) is 12.4. The number of anilines is 1. The molecule has 33 heavy (non-hydrogen) atoms. The molecule has 0 fully saturated rings. The monoisotopic (exact) mass is 462 g/mol. The van der Waals surface area contributed by atoms with Gasteiger partial charge in [0, 0.05) is 23.4 Å². The number of allylic oxidation sites excluding steroid dienone is 2. The number of benzene rings is 2. The van der Waals surface area contributed by atoms with Crippen molar-refractivity contribution in [1.29, 1.82) is 0 Å². The zero-order valence-electron chi connectivity index (χ0n) is 19.3. The summed E-state index contributed by atoms with van der Waals surface area (Å²) in [7, 11) is 0. The van der Waals surface area contributed by atoms with Gasteiger partial charge in [-0.25, -0.2) is 9.07 Å². The molecule has 3 aromatic rings. The molecule has 0 spiro atoms. The lowest BCUT2D eigenvalue weighted by atomic mass is 9.73. The van der Waals surface area contributed by atoms with E-state index in [1.165, 1.54) is 28.8 Å². The summed E-state index contributed by atoms with van der Waals surface area (Å²) >= 11 is 1.58. The molecular formula is C26H27FN4OS. The van der Waals surface area contributed by atoms with Crippen LogP contribution in [-0.2, 0) is 10.5 Å². The summed E-state index contributed by atoms with van der Waals surface area (Å²) in [5, 5.41) is 8.83. The number of halogens is 1. The number of hydrogen-bond acceptors (Lipinski definition) is 5. The molecule has 1 aliphatic heterocycles. The Kier molecular flexibility index (Phi) is 5.40. The fourth-order valence-corrected chi connectivity index (χ4v) is 5.59. The Morgan fingerprint density at radius 2 is 1.91 bits per heavy atom. The Balaban J connectivity index is 1.52. The SMILES string of the molecule is Cc1ccc(C)c(CSc2nc3n(n2)C(c2ccc(F)cc2)C2=C(CC(C)(C)CC2=O)N3)c1. The van der Waals surface area contributed by atoms with Crippen LogP contribution in [0.1, 0.15) is 55.0 Å². The van der Waals surface area contributed by atoms with Crippen LogP contribution in [-0.4, -0.2) is 20.5 Å². The van der Waals surface area contributed by atoms with Gasteiger partial charge in [-0.2, -0.15) is 4.98 Å². The maximum absolute atomic E-state index is 13.7. The largest absolute Gasteiger partial charge is 0.328 e. The molecule has 1 aromatic heterocycles. The van der Waals surface area contributed by atoms with Crippen LogP contribution >= 0.6 is 11.8 Å². The molecule has 1 aliphatic carbocycles. The third kappa shape index (κ3) is 4.22. The molecule has 5 nitrogen and oxygen atoms in total. The average Bonchev–Trinajstić information content (AvgIpc) is 3.15. The second kappa shape index (κ2) is 8.13. The number of thioether (sulfide) groups is 1. The fraction of sp³-hybridized carbons (Fsp3) is 0.346. The molecule has 170 valence electrons. The number of carbonyl (C=O) groups is 1. The number of aromatic nitrogens is 3. The number of rotatable bonds is 4. The molecular weight excluding hydrogens is 435 g/mol. The number of nitrogens with one attached hydrogen (secondary N) is 1. The summed E-state index contributed by atoms with van der Waals surface area (Å²) in [5.74, 6) is 1.18. The molecule has 2 aromatic carbocycles. The quantitative estimate of drug-likeness (QED) is 0.483. The van der Waals surface area contributed by atoms with Crippen LogP contribution in [0.4, 0.5) is 10.3 Å². The molecule has 1 atom stereocenters. The van der Waals surface area contributed by atoms with Crippen molar-refractivity contribution in [3.8, 4) is 0 Å². The molecule has 2 aliphatic rings. The van der Waals surface area contributed by atoms with Gasteiger partial charge in [0.1, 0.15) is 11.9 Å². The zero-order chi connectivity index (χ0) is 23.3. The van der Waals surface area contributed by atoms with Gasteiger partial charge in [0.15, 0.2) is 5.78 Å². The maximum Gasteiger partial charge on any atom is 0.227 e. The molecule has 0 bridgehead atoms. The normalized spacial score (nSPS) is 19.2. The first kappa shape index (κ1) is 21.9. The number of ketones is 1. The first-order valence-electron chi connectivity index (χ1n) is 11.1. The Hall–Kier alpha value is -2.93. The molecule has 1 unspecified atom stereocenters. The molecule has 7 heteroatoms. The van der Waals surface area contributed by atoms with Gasteiger partial charge in [0.2, 0.25) is 11.1 Å². The van der Waals surface area contributed by atoms with Crippen LogP contribution < -0.4 is 5.32 Å². The van der Waals surface area contributed by atoms with E-state index in [1.807, 2.05) is 0 Å². The number of carbonyl (C=O) groups excluding carboxylic acids is 1. The number of hydrogen-bond donors (Lipinski definition) is 1. The van der Waals surface area contributed by atoms with Crippen molar-refractivity contribution in [2.24, 2.45) is 5.41 Å². The van der Waals surface area contributed by atoms with Crippen LogP contribution in [0.15, 0.2) is 58.9 Å². The Morgan fingerprint density at radius 3 is 2.67 bits per heavy atom. The second-order valence-corrected chi connectivity index (χ2v) is 10.7. The standard InChI is InChI=1S/C26H27FN4OS/c1-15-5-6-16(2)18(11-15)14-33-25-29-24-28-20-12-26(3,4)13-21(32)22(20)23(31(24)30-25)17-7-9-19(27)10-8-17/h5-11,23H,12-14H2,1-4H3,(H,28,29,30). The number of nitrogens with zero attached hydrogens (tertiary/aromatic N) is 3. The summed E-state index contributed by atoms with van der Waals surface area (Å²) in [5.41, 5.74) is 6.04. The van der Waals surface area contributed by atoms with Crippen molar-refractivity contribution in [1.82, 2.24) is 14.8 Å². The van der Waals surface area contributed by atoms with Crippen molar-refractivity contribution in [2.45, 2.75) is 57.5 Å². The van der Waals surface area contributed by atoms with E-state index in [0.29, 0.717) is 23.1 Å². The highest BCUT2D eigenvalue weighted by molar-refractivity contribution is 7.98. The van der Waals surface area contributed by atoms with Crippen molar-refractivity contribution in [2.75, 3.05) is 5.32 Å². The van der Waals surface area contributed by atoms with Gasteiger partial charge in [0.05, 0.1) is 0 Å². The lowest BCUT2D eigenvalue weighted by Gasteiger charge is -2.38. The molecule has 2 heterocycles. The Bertz CT molecular complexity index is 1280. The lowest BCUT2D eigenvalue weighted by Crippen LogP contribution is -2.36. The highest BCUT2D eigenvalue weighted by Gasteiger charge is 2.41. The van der Waals surface area contributed by atoms with E-state index >= 15 is 0 Å².